The molecule has 1 fully saturated rings. The van der Waals surface area contributed by atoms with Gasteiger partial charge in [-0.25, -0.2) is 0 Å². The molecule has 3 atom stereocenters. The molecular weight excluding hydrogens is 306 g/mol. The zero-order valence-corrected chi connectivity index (χ0v) is 14.0. The highest BCUT2D eigenvalue weighted by Gasteiger charge is 2.62. The SMILES string of the molecule is C=CCC1(C(N)=O)C[C@H](C(N)=O)C[C@H](C(N)=O)C1(CC=C)CC=C. The molecule has 0 aromatic carbocycles. The third-order valence-electron chi connectivity index (χ3n) is 5.46. The van der Waals surface area contributed by atoms with Crippen LogP contribution < -0.4 is 17.2 Å². The lowest BCUT2D eigenvalue weighted by atomic mass is 9.45. The molecule has 0 radical (unpaired) electrons. The topological polar surface area (TPSA) is 129 Å². The Balaban J connectivity index is 3.73. The van der Waals surface area contributed by atoms with E-state index >= 15 is 0 Å². The standard InChI is InChI=1S/C18H27N3O3/c1-4-7-17(8-5-2)13(15(20)23)10-12(14(19)22)11-18(17,9-6-3)16(21)24/h4-6,12-13H,1-3,7-11H2,(H2,19,22)(H2,20,23)(H2,21,24)/t12-,13-,18?/m1/s1. The molecule has 24 heavy (non-hydrogen) atoms. The van der Waals surface area contributed by atoms with Gasteiger partial charge in [0, 0.05) is 17.3 Å². The van der Waals surface area contributed by atoms with E-state index in [4.69, 9.17) is 17.2 Å². The second-order valence-electron chi connectivity index (χ2n) is 6.57. The monoisotopic (exact) mass is 333 g/mol. The summed E-state index contributed by atoms with van der Waals surface area (Å²) in [6.45, 7) is 11.2. The van der Waals surface area contributed by atoms with E-state index in [2.05, 4.69) is 19.7 Å². The van der Waals surface area contributed by atoms with Crippen molar-refractivity contribution in [2.75, 3.05) is 0 Å². The third-order valence-corrected chi connectivity index (χ3v) is 5.46. The van der Waals surface area contributed by atoms with Crippen LogP contribution in [0, 0.1) is 22.7 Å². The van der Waals surface area contributed by atoms with Crippen LogP contribution in [0.5, 0.6) is 0 Å². The minimum absolute atomic E-state index is 0.162. The molecule has 1 saturated carbocycles. The molecule has 132 valence electrons. The van der Waals surface area contributed by atoms with Crippen molar-refractivity contribution < 1.29 is 14.4 Å². The van der Waals surface area contributed by atoms with E-state index < -0.39 is 40.4 Å². The Kier molecular flexibility index (Phi) is 6.12. The first-order valence-electron chi connectivity index (χ1n) is 7.93. The Bertz CT molecular complexity index is 560. The summed E-state index contributed by atoms with van der Waals surface area (Å²) in [6.07, 6.45) is 6.12. The van der Waals surface area contributed by atoms with Gasteiger partial charge < -0.3 is 17.2 Å². The summed E-state index contributed by atoms with van der Waals surface area (Å²) in [6, 6.07) is 0. The van der Waals surface area contributed by atoms with Crippen molar-refractivity contribution in [1.82, 2.24) is 0 Å². The van der Waals surface area contributed by atoms with Gasteiger partial charge in [-0.05, 0) is 32.1 Å². The van der Waals surface area contributed by atoms with Crippen molar-refractivity contribution in [1.29, 1.82) is 0 Å². The van der Waals surface area contributed by atoms with Gasteiger partial charge in [0.25, 0.3) is 0 Å². The van der Waals surface area contributed by atoms with Gasteiger partial charge in [0.05, 0.1) is 5.41 Å². The number of hydrogen-bond donors (Lipinski definition) is 3. The fourth-order valence-electron chi connectivity index (χ4n) is 4.41. The van der Waals surface area contributed by atoms with Gasteiger partial charge in [0.2, 0.25) is 17.7 Å². The maximum absolute atomic E-state index is 12.6. The minimum Gasteiger partial charge on any atom is -0.369 e. The number of allylic oxidation sites excluding steroid dienone is 3. The Morgan fingerprint density at radius 3 is 1.75 bits per heavy atom. The summed E-state index contributed by atoms with van der Waals surface area (Å²) in [5, 5.41) is 0. The van der Waals surface area contributed by atoms with E-state index in [1.165, 1.54) is 0 Å². The van der Waals surface area contributed by atoms with Crippen LogP contribution in [0.4, 0.5) is 0 Å². The highest BCUT2D eigenvalue weighted by Crippen LogP contribution is 2.61. The van der Waals surface area contributed by atoms with E-state index in [1.54, 1.807) is 18.2 Å². The summed E-state index contributed by atoms with van der Waals surface area (Å²) < 4.78 is 0. The van der Waals surface area contributed by atoms with Gasteiger partial charge in [0.15, 0.2) is 0 Å². The average molecular weight is 333 g/mol. The van der Waals surface area contributed by atoms with Gasteiger partial charge >= 0.3 is 0 Å². The number of primary amides is 3. The van der Waals surface area contributed by atoms with E-state index in [9.17, 15) is 14.4 Å². The summed E-state index contributed by atoms with van der Waals surface area (Å²) in [7, 11) is 0. The molecule has 0 aliphatic heterocycles. The predicted molar refractivity (Wildman–Crippen MR) is 93.1 cm³/mol. The Morgan fingerprint density at radius 1 is 0.917 bits per heavy atom. The van der Waals surface area contributed by atoms with E-state index in [1.807, 2.05) is 0 Å². The van der Waals surface area contributed by atoms with Crippen LogP contribution in [-0.2, 0) is 14.4 Å². The molecule has 0 saturated heterocycles. The zero-order chi connectivity index (χ0) is 18.5. The maximum atomic E-state index is 12.6. The largest absolute Gasteiger partial charge is 0.369 e. The summed E-state index contributed by atoms with van der Waals surface area (Å²) in [5.41, 5.74) is 14.8. The van der Waals surface area contributed by atoms with Crippen molar-refractivity contribution in [2.24, 2.45) is 39.9 Å². The Labute approximate surface area is 142 Å². The summed E-state index contributed by atoms with van der Waals surface area (Å²) >= 11 is 0. The summed E-state index contributed by atoms with van der Waals surface area (Å²) in [5.74, 6) is -3.14. The average Bonchev–Trinajstić information content (AvgIpc) is 2.49. The molecule has 1 aliphatic rings. The van der Waals surface area contributed by atoms with Crippen LogP contribution in [0.1, 0.15) is 32.1 Å². The van der Waals surface area contributed by atoms with Crippen LogP contribution in [0.3, 0.4) is 0 Å². The quantitative estimate of drug-likeness (QED) is 0.547. The normalized spacial score (nSPS) is 28.5. The van der Waals surface area contributed by atoms with E-state index in [0.717, 1.165) is 0 Å². The van der Waals surface area contributed by atoms with Crippen molar-refractivity contribution in [3.63, 3.8) is 0 Å². The van der Waals surface area contributed by atoms with E-state index in [0.29, 0.717) is 12.8 Å². The number of nitrogens with two attached hydrogens (primary N) is 3. The lowest BCUT2D eigenvalue weighted by Crippen LogP contribution is -2.61. The first kappa shape index (κ1) is 19.7. The van der Waals surface area contributed by atoms with Crippen LogP contribution in [0.2, 0.25) is 0 Å². The molecule has 6 N–H and O–H groups in total. The minimum atomic E-state index is -1.17. The number of carbonyl (C=O) groups is 3. The summed E-state index contributed by atoms with van der Waals surface area (Å²) in [4.78, 5) is 36.6. The highest BCUT2D eigenvalue weighted by molar-refractivity contribution is 5.88. The van der Waals surface area contributed by atoms with Crippen molar-refractivity contribution in [3.05, 3.63) is 38.0 Å². The molecule has 3 amide bonds. The second-order valence-corrected chi connectivity index (χ2v) is 6.57. The smallest absolute Gasteiger partial charge is 0.224 e. The predicted octanol–water partition coefficient (Wildman–Crippen LogP) is 1.17. The van der Waals surface area contributed by atoms with Gasteiger partial charge in [-0.3, -0.25) is 14.4 Å². The van der Waals surface area contributed by atoms with Crippen molar-refractivity contribution in [2.45, 2.75) is 32.1 Å². The third kappa shape index (κ3) is 3.00. The lowest BCUT2D eigenvalue weighted by Gasteiger charge is -2.56. The first-order chi connectivity index (χ1) is 11.2. The molecule has 6 nitrogen and oxygen atoms in total. The van der Waals surface area contributed by atoms with Gasteiger partial charge in [0.1, 0.15) is 0 Å². The zero-order valence-electron chi connectivity index (χ0n) is 14.0. The molecule has 0 spiro atoms. The number of carbonyl (C=O) groups excluding carboxylic acids is 3. The molecule has 0 aromatic heterocycles. The molecule has 6 heteroatoms. The molecule has 1 aliphatic carbocycles. The van der Waals surface area contributed by atoms with Crippen LogP contribution in [0.15, 0.2) is 38.0 Å². The first-order valence-corrected chi connectivity index (χ1v) is 7.93. The number of amides is 3. The Hall–Kier alpha value is -2.37. The van der Waals surface area contributed by atoms with Crippen LogP contribution >= 0.6 is 0 Å². The lowest BCUT2D eigenvalue weighted by molar-refractivity contribution is -0.159. The van der Waals surface area contributed by atoms with Gasteiger partial charge in [-0.2, -0.15) is 0 Å². The maximum Gasteiger partial charge on any atom is 0.224 e. The number of rotatable bonds is 9. The highest BCUT2D eigenvalue weighted by atomic mass is 16.2. The van der Waals surface area contributed by atoms with Crippen LogP contribution in [0.25, 0.3) is 0 Å². The molecule has 0 bridgehead atoms. The Morgan fingerprint density at radius 2 is 1.42 bits per heavy atom. The van der Waals surface area contributed by atoms with Gasteiger partial charge in [-0.1, -0.05) is 18.2 Å². The molecule has 0 heterocycles. The fraction of sp³-hybridized carbons (Fsp3) is 0.500. The fourth-order valence-corrected chi connectivity index (χ4v) is 4.41. The van der Waals surface area contributed by atoms with Gasteiger partial charge in [-0.15, -0.1) is 19.7 Å². The molecule has 1 unspecified atom stereocenters. The van der Waals surface area contributed by atoms with Crippen molar-refractivity contribution in [3.8, 4) is 0 Å². The molecule has 0 aromatic rings. The second kappa shape index (κ2) is 7.47. The molecular formula is C18H27N3O3. The number of hydrogen-bond acceptors (Lipinski definition) is 3. The molecule has 1 rings (SSSR count). The van der Waals surface area contributed by atoms with Crippen LogP contribution in [-0.4, -0.2) is 17.7 Å². The van der Waals surface area contributed by atoms with Crippen molar-refractivity contribution >= 4 is 17.7 Å². The van der Waals surface area contributed by atoms with E-state index in [-0.39, 0.29) is 19.3 Å².